The topological polar surface area (TPSA) is 118 Å². The highest BCUT2D eigenvalue weighted by molar-refractivity contribution is 7.92. The Morgan fingerprint density at radius 1 is 1.38 bits per heavy atom. The minimum atomic E-state index is -4.06. The Balaban J connectivity index is 2.49. The van der Waals surface area contributed by atoms with Gasteiger partial charge >= 0.3 is 0 Å². The van der Waals surface area contributed by atoms with Gasteiger partial charge in [-0.15, -0.1) is 0 Å². The van der Waals surface area contributed by atoms with Crippen molar-refractivity contribution in [3.63, 3.8) is 0 Å². The lowest BCUT2D eigenvalue weighted by Gasteiger charge is -2.09. The second kappa shape index (κ2) is 5.34. The van der Waals surface area contributed by atoms with Gasteiger partial charge < -0.3 is 0 Å². The number of benzene rings is 1. The van der Waals surface area contributed by atoms with Crippen LogP contribution in [-0.4, -0.2) is 23.5 Å². The number of nitro benzene ring substituents is 1. The van der Waals surface area contributed by atoms with E-state index in [1.165, 1.54) is 6.07 Å². The Labute approximate surface area is 125 Å². The number of aryl methyl sites for hydroxylation is 2. The van der Waals surface area contributed by atoms with Crippen LogP contribution < -0.4 is 4.72 Å². The van der Waals surface area contributed by atoms with Gasteiger partial charge in [-0.3, -0.25) is 19.9 Å². The summed E-state index contributed by atoms with van der Waals surface area (Å²) < 4.78 is 27.0. The summed E-state index contributed by atoms with van der Waals surface area (Å²) in [4.78, 5) is 9.70. The van der Waals surface area contributed by atoms with Crippen LogP contribution in [0.5, 0.6) is 0 Å². The molecular formula is C11H11ClN4O4S. The van der Waals surface area contributed by atoms with Gasteiger partial charge in [0, 0.05) is 12.1 Å². The van der Waals surface area contributed by atoms with Gasteiger partial charge in [0.2, 0.25) is 0 Å². The molecule has 0 aliphatic rings. The van der Waals surface area contributed by atoms with Crippen LogP contribution in [-0.2, 0) is 10.0 Å². The number of nitro groups is 1. The SMILES string of the molecule is Cc1n[nH]c(C)c1NS(=O)(=O)c1cc([N+](=O)[O-])ccc1Cl. The Morgan fingerprint density at radius 3 is 2.57 bits per heavy atom. The van der Waals surface area contributed by atoms with Crippen molar-refractivity contribution >= 4 is 33.0 Å². The number of anilines is 1. The molecule has 21 heavy (non-hydrogen) atoms. The number of hydrogen-bond acceptors (Lipinski definition) is 5. The van der Waals surface area contributed by atoms with Crippen LogP contribution in [0.25, 0.3) is 0 Å². The third kappa shape index (κ3) is 2.98. The fourth-order valence-electron chi connectivity index (χ4n) is 1.70. The number of halogens is 1. The molecule has 10 heteroatoms. The van der Waals surface area contributed by atoms with Crippen LogP contribution in [0, 0.1) is 24.0 Å². The molecule has 1 aromatic carbocycles. The molecule has 112 valence electrons. The molecule has 1 aromatic heterocycles. The first-order valence-corrected chi connectivity index (χ1v) is 7.57. The maximum absolute atomic E-state index is 12.3. The van der Waals surface area contributed by atoms with E-state index in [-0.39, 0.29) is 21.3 Å². The molecule has 8 nitrogen and oxygen atoms in total. The van der Waals surface area contributed by atoms with Crippen molar-refractivity contribution in [2.24, 2.45) is 0 Å². The average molecular weight is 331 g/mol. The van der Waals surface area contributed by atoms with Crippen molar-refractivity contribution in [3.8, 4) is 0 Å². The molecule has 0 atom stereocenters. The summed E-state index contributed by atoms with van der Waals surface area (Å²) in [5.74, 6) is 0. The number of nitrogens with zero attached hydrogens (tertiary/aromatic N) is 2. The first-order chi connectivity index (χ1) is 9.72. The van der Waals surface area contributed by atoms with Gasteiger partial charge in [-0.2, -0.15) is 5.10 Å². The maximum Gasteiger partial charge on any atom is 0.270 e. The molecule has 0 saturated carbocycles. The monoisotopic (exact) mass is 330 g/mol. The molecule has 2 N–H and O–H groups in total. The molecule has 0 saturated heterocycles. The maximum atomic E-state index is 12.3. The second-order valence-corrected chi connectivity index (χ2v) is 6.34. The van der Waals surface area contributed by atoms with E-state index >= 15 is 0 Å². The molecule has 0 aliphatic carbocycles. The van der Waals surface area contributed by atoms with Gasteiger partial charge in [-0.05, 0) is 19.9 Å². The summed E-state index contributed by atoms with van der Waals surface area (Å²) in [6.45, 7) is 3.27. The molecule has 2 rings (SSSR count). The number of non-ortho nitro benzene ring substituents is 1. The van der Waals surface area contributed by atoms with Crippen molar-refractivity contribution in [2.45, 2.75) is 18.7 Å². The van der Waals surface area contributed by atoms with Crippen LogP contribution in [0.4, 0.5) is 11.4 Å². The molecule has 0 radical (unpaired) electrons. The van der Waals surface area contributed by atoms with Crippen LogP contribution in [0.1, 0.15) is 11.4 Å². The zero-order valence-electron chi connectivity index (χ0n) is 11.0. The zero-order valence-corrected chi connectivity index (χ0v) is 12.6. The molecule has 0 amide bonds. The number of nitrogens with one attached hydrogen (secondary N) is 2. The second-order valence-electron chi connectivity index (χ2n) is 4.29. The van der Waals surface area contributed by atoms with E-state index in [1.807, 2.05) is 0 Å². The Bertz CT molecular complexity index is 796. The van der Waals surface area contributed by atoms with Crippen molar-refractivity contribution in [1.82, 2.24) is 10.2 Å². The summed E-state index contributed by atoms with van der Waals surface area (Å²) in [5.41, 5.74) is 0.910. The number of aromatic nitrogens is 2. The standard InChI is InChI=1S/C11H11ClN4O4S/c1-6-11(7(2)14-13-6)15-21(19,20)10-5-8(16(17)18)3-4-9(10)12/h3-5,15H,1-2H3,(H,13,14). The smallest absolute Gasteiger partial charge is 0.270 e. The van der Waals surface area contributed by atoms with E-state index in [2.05, 4.69) is 14.9 Å². The number of sulfonamides is 1. The van der Waals surface area contributed by atoms with Gasteiger partial charge in [0.1, 0.15) is 4.90 Å². The van der Waals surface area contributed by atoms with Gasteiger partial charge in [0.15, 0.2) is 0 Å². The number of aromatic amines is 1. The lowest BCUT2D eigenvalue weighted by atomic mass is 10.3. The fraction of sp³-hybridized carbons (Fsp3) is 0.182. The van der Waals surface area contributed by atoms with E-state index in [0.717, 1.165) is 12.1 Å². The van der Waals surface area contributed by atoms with E-state index in [1.54, 1.807) is 13.8 Å². The predicted molar refractivity (Wildman–Crippen MR) is 77.0 cm³/mol. The fourth-order valence-corrected chi connectivity index (χ4v) is 3.40. The normalized spacial score (nSPS) is 11.4. The van der Waals surface area contributed by atoms with Crippen molar-refractivity contribution in [2.75, 3.05) is 4.72 Å². The predicted octanol–water partition coefficient (Wildman–Crippen LogP) is 2.39. The quantitative estimate of drug-likeness (QED) is 0.659. The minimum absolute atomic E-state index is 0.105. The van der Waals surface area contributed by atoms with Gasteiger partial charge in [-0.1, -0.05) is 11.6 Å². The molecule has 0 spiro atoms. The number of rotatable bonds is 4. The van der Waals surface area contributed by atoms with E-state index < -0.39 is 14.9 Å². The Kier molecular flexibility index (Phi) is 3.88. The summed E-state index contributed by atoms with van der Waals surface area (Å²) in [6, 6.07) is 3.22. The molecule has 2 aromatic rings. The van der Waals surface area contributed by atoms with Crippen molar-refractivity contribution in [3.05, 3.63) is 44.7 Å². The highest BCUT2D eigenvalue weighted by atomic mass is 35.5. The third-order valence-electron chi connectivity index (χ3n) is 2.78. The average Bonchev–Trinajstić information content (AvgIpc) is 2.70. The molecule has 0 unspecified atom stereocenters. The van der Waals surface area contributed by atoms with E-state index in [9.17, 15) is 18.5 Å². The van der Waals surface area contributed by atoms with E-state index in [0.29, 0.717) is 11.4 Å². The van der Waals surface area contributed by atoms with Crippen LogP contribution in [0.15, 0.2) is 23.1 Å². The van der Waals surface area contributed by atoms with Crippen LogP contribution in [0.2, 0.25) is 5.02 Å². The first-order valence-electron chi connectivity index (χ1n) is 5.70. The number of hydrogen-bond donors (Lipinski definition) is 2. The first kappa shape index (κ1) is 15.3. The van der Waals surface area contributed by atoms with Crippen molar-refractivity contribution in [1.29, 1.82) is 0 Å². The third-order valence-corrected chi connectivity index (χ3v) is 4.61. The Hall–Kier alpha value is -2.13. The lowest BCUT2D eigenvalue weighted by Crippen LogP contribution is -2.14. The van der Waals surface area contributed by atoms with Crippen LogP contribution >= 0.6 is 11.6 Å². The van der Waals surface area contributed by atoms with Gasteiger partial charge in [0.25, 0.3) is 15.7 Å². The largest absolute Gasteiger partial charge is 0.280 e. The van der Waals surface area contributed by atoms with Gasteiger partial charge in [-0.25, -0.2) is 8.42 Å². The highest BCUT2D eigenvalue weighted by Gasteiger charge is 2.23. The highest BCUT2D eigenvalue weighted by Crippen LogP contribution is 2.29. The molecule has 1 heterocycles. The zero-order chi connectivity index (χ0) is 15.8. The number of H-pyrrole nitrogens is 1. The molecule has 0 aliphatic heterocycles. The summed E-state index contributed by atoms with van der Waals surface area (Å²) in [6.07, 6.45) is 0. The Morgan fingerprint density at radius 2 is 2.05 bits per heavy atom. The van der Waals surface area contributed by atoms with E-state index in [4.69, 9.17) is 11.6 Å². The molecule has 0 fully saturated rings. The molecular weight excluding hydrogens is 320 g/mol. The minimum Gasteiger partial charge on any atom is -0.280 e. The van der Waals surface area contributed by atoms with Gasteiger partial charge in [0.05, 0.1) is 27.0 Å². The summed E-state index contributed by atoms with van der Waals surface area (Å²) in [5, 5.41) is 17.2. The summed E-state index contributed by atoms with van der Waals surface area (Å²) >= 11 is 5.84. The summed E-state index contributed by atoms with van der Waals surface area (Å²) in [7, 11) is -4.06. The van der Waals surface area contributed by atoms with Crippen molar-refractivity contribution < 1.29 is 13.3 Å². The molecule has 0 bridgehead atoms. The van der Waals surface area contributed by atoms with Crippen LogP contribution in [0.3, 0.4) is 0 Å². The lowest BCUT2D eigenvalue weighted by molar-refractivity contribution is -0.385.